The van der Waals surface area contributed by atoms with Crippen molar-refractivity contribution in [2.24, 2.45) is 0 Å². The van der Waals surface area contributed by atoms with Crippen molar-refractivity contribution in [1.82, 2.24) is 9.88 Å². The first-order valence-electron chi connectivity index (χ1n) is 9.19. The number of amides is 1. The number of nitrogens with zero attached hydrogens (tertiary/aromatic N) is 2. The van der Waals surface area contributed by atoms with Crippen LogP contribution in [0, 0.1) is 0 Å². The maximum absolute atomic E-state index is 13.0. The molecule has 3 aromatic rings. The summed E-state index contributed by atoms with van der Waals surface area (Å²) in [6, 6.07) is 13.1. The fourth-order valence-electron chi connectivity index (χ4n) is 3.38. The van der Waals surface area contributed by atoms with Crippen molar-refractivity contribution in [3.05, 3.63) is 107 Å². The molecule has 1 unspecified atom stereocenters. The second-order valence-corrected chi connectivity index (χ2v) is 7.16. The molecule has 7 heteroatoms. The van der Waals surface area contributed by atoms with Gasteiger partial charge in [0.1, 0.15) is 5.76 Å². The minimum absolute atomic E-state index is 0.00835. The van der Waals surface area contributed by atoms with E-state index < -0.39 is 23.5 Å². The zero-order chi connectivity index (χ0) is 21.1. The van der Waals surface area contributed by atoms with E-state index in [2.05, 4.69) is 4.98 Å². The van der Waals surface area contributed by atoms with Crippen LogP contribution in [0.4, 0.5) is 0 Å². The van der Waals surface area contributed by atoms with Crippen molar-refractivity contribution >= 4 is 29.4 Å². The van der Waals surface area contributed by atoms with E-state index in [1.165, 1.54) is 23.3 Å². The minimum Gasteiger partial charge on any atom is -0.503 e. The number of rotatable bonds is 6. The molecule has 1 amide bonds. The maximum atomic E-state index is 13.0. The Kier molecular flexibility index (Phi) is 5.50. The Labute approximate surface area is 177 Å². The van der Waals surface area contributed by atoms with Crippen LogP contribution in [0.5, 0.6) is 0 Å². The molecular formula is C23H17ClN2O4. The molecule has 1 atom stereocenters. The first-order valence-corrected chi connectivity index (χ1v) is 9.57. The van der Waals surface area contributed by atoms with Gasteiger partial charge in [-0.25, -0.2) is 0 Å². The van der Waals surface area contributed by atoms with Gasteiger partial charge in [-0.3, -0.25) is 14.6 Å². The van der Waals surface area contributed by atoms with Gasteiger partial charge in [-0.2, -0.15) is 0 Å². The molecule has 30 heavy (non-hydrogen) atoms. The normalized spacial score (nSPS) is 16.6. The van der Waals surface area contributed by atoms with Gasteiger partial charge in [-0.1, -0.05) is 29.8 Å². The third-order valence-corrected chi connectivity index (χ3v) is 5.02. The highest BCUT2D eigenvalue weighted by atomic mass is 35.5. The fraction of sp³-hybridized carbons (Fsp3) is 0.0870. The van der Waals surface area contributed by atoms with Crippen LogP contribution in [0.2, 0.25) is 5.02 Å². The monoisotopic (exact) mass is 420 g/mol. The lowest BCUT2D eigenvalue weighted by molar-refractivity contribution is -0.130. The number of hydrogen-bond donors (Lipinski definition) is 1. The van der Waals surface area contributed by atoms with Crippen LogP contribution in [0.3, 0.4) is 0 Å². The maximum Gasteiger partial charge on any atom is 0.290 e. The molecule has 150 valence electrons. The van der Waals surface area contributed by atoms with Gasteiger partial charge in [0, 0.05) is 24.0 Å². The molecule has 0 saturated carbocycles. The largest absolute Gasteiger partial charge is 0.503 e. The Morgan fingerprint density at radius 3 is 2.67 bits per heavy atom. The van der Waals surface area contributed by atoms with Gasteiger partial charge in [0.25, 0.3) is 5.91 Å². The van der Waals surface area contributed by atoms with E-state index in [0.717, 1.165) is 5.56 Å². The Hall–Kier alpha value is -3.64. The van der Waals surface area contributed by atoms with E-state index in [1.807, 2.05) is 6.07 Å². The fourth-order valence-corrected chi connectivity index (χ4v) is 3.51. The zero-order valence-corrected chi connectivity index (χ0v) is 16.5. The molecule has 1 aliphatic heterocycles. The number of aromatic nitrogens is 1. The Morgan fingerprint density at radius 2 is 2.00 bits per heavy atom. The molecule has 0 aliphatic carbocycles. The Bertz CT molecular complexity index is 1120. The van der Waals surface area contributed by atoms with Gasteiger partial charge in [-0.05, 0) is 53.6 Å². The molecule has 0 bridgehead atoms. The number of ketones is 1. The van der Waals surface area contributed by atoms with Gasteiger partial charge in [-0.15, -0.1) is 0 Å². The summed E-state index contributed by atoms with van der Waals surface area (Å²) < 4.78 is 5.20. The van der Waals surface area contributed by atoms with Crippen LogP contribution in [0.15, 0.2) is 89.0 Å². The van der Waals surface area contributed by atoms with Crippen LogP contribution >= 0.6 is 11.6 Å². The smallest absolute Gasteiger partial charge is 0.290 e. The molecule has 0 radical (unpaired) electrons. The highest BCUT2D eigenvalue weighted by molar-refractivity contribution is 6.30. The SMILES string of the molecule is O=C(/C=C/c1ccco1)C1=C(O)C(=O)N(Cc2cccnc2)C1c1ccc(Cl)cc1. The van der Waals surface area contributed by atoms with Crippen molar-refractivity contribution in [2.45, 2.75) is 12.6 Å². The lowest BCUT2D eigenvalue weighted by atomic mass is 9.95. The zero-order valence-electron chi connectivity index (χ0n) is 15.7. The summed E-state index contributed by atoms with van der Waals surface area (Å²) in [7, 11) is 0. The molecular weight excluding hydrogens is 404 g/mol. The number of furan rings is 1. The van der Waals surface area contributed by atoms with Crippen molar-refractivity contribution in [3.63, 3.8) is 0 Å². The summed E-state index contributed by atoms with van der Waals surface area (Å²) in [5, 5.41) is 11.1. The molecule has 1 N–H and O–H groups in total. The van der Waals surface area contributed by atoms with E-state index in [1.54, 1.807) is 54.9 Å². The molecule has 0 spiro atoms. The van der Waals surface area contributed by atoms with Crippen LogP contribution in [0.1, 0.15) is 22.9 Å². The predicted octanol–water partition coefficient (Wildman–Crippen LogP) is 4.51. The van der Waals surface area contributed by atoms with Crippen LogP contribution in [-0.4, -0.2) is 26.7 Å². The number of aliphatic hydroxyl groups excluding tert-OH is 1. The Morgan fingerprint density at radius 1 is 1.20 bits per heavy atom. The molecule has 2 aromatic heterocycles. The minimum atomic E-state index is -0.760. The Balaban J connectivity index is 1.73. The average molecular weight is 421 g/mol. The van der Waals surface area contributed by atoms with Crippen LogP contribution in [0.25, 0.3) is 6.08 Å². The summed E-state index contributed by atoms with van der Waals surface area (Å²) in [6.45, 7) is 0.183. The third-order valence-electron chi connectivity index (χ3n) is 4.77. The number of aliphatic hydroxyl groups is 1. The van der Waals surface area contributed by atoms with Gasteiger partial charge < -0.3 is 14.4 Å². The van der Waals surface area contributed by atoms with Crippen molar-refractivity contribution in [3.8, 4) is 0 Å². The predicted molar refractivity (Wildman–Crippen MR) is 111 cm³/mol. The molecule has 0 saturated heterocycles. The van der Waals surface area contributed by atoms with Crippen molar-refractivity contribution in [1.29, 1.82) is 0 Å². The molecule has 4 rings (SSSR count). The molecule has 1 aromatic carbocycles. The van der Waals surface area contributed by atoms with Crippen molar-refractivity contribution in [2.75, 3.05) is 0 Å². The topological polar surface area (TPSA) is 83.6 Å². The van der Waals surface area contributed by atoms with E-state index in [0.29, 0.717) is 16.3 Å². The third kappa shape index (κ3) is 3.90. The lowest BCUT2D eigenvalue weighted by Crippen LogP contribution is -2.30. The van der Waals surface area contributed by atoms with Gasteiger partial charge in [0.15, 0.2) is 11.5 Å². The standard InChI is InChI=1S/C23H17ClN2O4/c24-17-7-5-16(6-8-17)21-20(19(27)10-9-18-4-2-12-30-18)22(28)23(29)26(21)14-15-3-1-11-25-13-15/h1-13,21,28H,14H2/b10-9+. The van der Waals surface area contributed by atoms with E-state index in [9.17, 15) is 14.7 Å². The van der Waals surface area contributed by atoms with E-state index >= 15 is 0 Å². The second-order valence-electron chi connectivity index (χ2n) is 6.72. The van der Waals surface area contributed by atoms with Crippen LogP contribution in [-0.2, 0) is 16.1 Å². The number of halogens is 1. The van der Waals surface area contributed by atoms with E-state index in [-0.39, 0.29) is 12.1 Å². The molecule has 3 heterocycles. The number of pyridine rings is 1. The summed E-state index contributed by atoms with van der Waals surface area (Å²) in [4.78, 5) is 31.4. The highest BCUT2D eigenvalue weighted by Crippen LogP contribution is 2.39. The number of carbonyl (C=O) groups is 2. The van der Waals surface area contributed by atoms with Gasteiger partial charge >= 0.3 is 0 Å². The first-order chi connectivity index (χ1) is 14.5. The number of benzene rings is 1. The number of allylic oxidation sites excluding steroid dienone is 1. The summed E-state index contributed by atoms with van der Waals surface area (Å²) in [5.41, 5.74) is 1.45. The molecule has 6 nitrogen and oxygen atoms in total. The molecule has 0 fully saturated rings. The summed E-state index contributed by atoms with van der Waals surface area (Å²) in [6.07, 6.45) is 7.55. The lowest BCUT2D eigenvalue weighted by Gasteiger charge is -2.26. The van der Waals surface area contributed by atoms with E-state index in [4.69, 9.17) is 16.0 Å². The number of hydrogen-bond acceptors (Lipinski definition) is 5. The van der Waals surface area contributed by atoms with Crippen molar-refractivity contribution < 1.29 is 19.1 Å². The highest BCUT2D eigenvalue weighted by Gasteiger charge is 2.42. The van der Waals surface area contributed by atoms with Crippen LogP contribution < -0.4 is 0 Å². The molecule has 1 aliphatic rings. The van der Waals surface area contributed by atoms with Gasteiger partial charge in [0.2, 0.25) is 0 Å². The quantitative estimate of drug-likeness (QED) is 0.593. The number of carbonyl (C=O) groups excluding carboxylic acids is 2. The first kappa shape index (κ1) is 19.7. The van der Waals surface area contributed by atoms with Gasteiger partial charge in [0.05, 0.1) is 17.9 Å². The average Bonchev–Trinajstić information content (AvgIpc) is 3.36. The second kappa shape index (κ2) is 8.39. The summed E-state index contributed by atoms with van der Waals surface area (Å²) in [5.74, 6) is -1.17. The summed E-state index contributed by atoms with van der Waals surface area (Å²) >= 11 is 6.01.